The molecule has 0 saturated heterocycles. The van der Waals surface area contributed by atoms with E-state index in [0.717, 1.165) is 29.3 Å². The normalized spacial score (nSPS) is 11.9. The Kier molecular flexibility index (Phi) is 12.7. The van der Waals surface area contributed by atoms with Gasteiger partial charge in [0.25, 0.3) is 10.0 Å². The third-order valence-corrected chi connectivity index (χ3v) is 9.26. The van der Waals surface area contributed by atoms with E-state index in [2.05, 4.69) is 5.32 Å². The standard InChI is InChI=1S/C31H36Cl2FN3O6S/c1-5-7-16-35-31(39)27(6-2)36(19-21-8-9-22(32)17-26(21)33)30(38)20-37(24-12-10-23(34)11-13-24)44(40,41)25-14-15-28(42-3)29(18-25)43-4/h8-15,17-18,27H,5-7,16,19-20H2,1-4H3,(H,35,39). The summed E-state index contributed by atoms with van der Waals surface area (Å²) < 4.78 is 53.5. The summed E-state index contributed by atoms with van der Waals surface area (Å²) >= 11 is 12.5. The number of unbranched alkanes of at least 4 members (excludes halogenated alkanes) is 1. The molecule has 0 bridgehead atoms. The molecule has 0 fully saturated rings. The molecule has 1 N–H and O–H groups in total. The number of nitrogens with one attached hydrogen (secondary N) is 1. The molecule has 0 aliphatic rings. The van der Waals surface area contributed by atoms with Crippen LogP contribution in [0.3, 0.4) is 0 Å². The number of ether oxygens (including phenoxy) is 2. The highest BCUT2D eigenvalue weighted by molar-refractivity contribution is 7.92. The molecule has 3 aromatic carbocycles. The highest BCUT2D eigenvalue weighted by Gasteiger charge is 2.34. The zero-order chi connectivity index (χ0) is 32.4. The van der Waals surface area contributed by atoms with E-state index in [0.29, 0.717) is 22.9 Å². The minimum atomic E-state index is -4.43. The first-order valence-electron chi connectivity index (χ1n) is 14.0. The molecule has 0 heterocycles. The van der Waals surface area contributed by atoms with Gasteiger partial charge in [0.2, 0.25) is 11.8 Å². The van der Waals surface area contributed by atoms with Gasteiger partial charge in [-0.05, 0) is 66.9 Å². The number of anilines is 1. The van der Waals surface area contributed by atoms with Gasteiger partial charge in [0, 0.05) is 29.2 Å². The molecule has 0 radical (unpaired) electrons. The van der Waals surface area contributed by atoms with Crippen LogP contribution in [0.5, 0.6) is 11.5 Å². The Labute approximate surface area is 267 Å². The van der Waals surface area contributed by atoms with Gasteiger partial charge in [-0.3, -0.25) is 13.9 Å². The minimum absolute atomic E-state index is 0.0412. The van der Waals surface area contributed by atoms with E-state index in [1.54, 1.807) is 19.1 Å². The number of sulfonamides is 1. The summed E-state index contributed by atoms with van der Waals surface area (Å²) in [5.41, 5.74) is 0.555. The second kappa shape index (κ2) is 16.0. The van der Waals surface area contributed by atoms with Crippen molar-refractivity contribution in [1.82, 2.24) is 10.2 Å². The molecule has 1 atom stereocenters. The Balaban J connectivity index is 2.09. The average molecular weight is 669 g/mol. The van der Waals surface area contributed by atoms with Gasteiger partial charge in [-0.15, -0.1) is 0 Å². The van der Waals surface area contributed by atoms with Gasteiger partial charge in [0.1, 0.15) is 18.4 Å². The molecule has 9 nitrogen and oxygen atoms in total. The molecule has 0 aliphatic heterocycles. The second-order valence-electron chi connectivity index (χ2n) is 9.83. The first-order chi connectivity index (χ1) is 21.0. The summed E-state index contributed by atoms with van der Waals surface area (Å²) in [7, 11) is -1.64. The summed E-state index contributed by atoms with van der Waals surface area (Å²) in [5.74, 6) is -1.18. The maximum absolute atomic E-state index is 14.2. The summed E-state index contributed by atoms with van der Waals surface area (Å²) in [4.78, 5) is 28.6. The number of hydrogen-bond acceptors (Lipinski definition) is 6. The maximum atomic E-state index is 14.2. The van der Waals surface area contributed by atoms with Crippen LogP contribution in [0.2, 0.25) is 10.0 Å². The molecule has 1 unspecified atom stereocenters. The van der Waals surface area contributed by atoms with E-state index in [1.165, 1.54) is 55.5 Å². The number of carbonyl (C=O) groups excluding carboxylic acids is 2. The zero-order valence-electron chi connectivity index (χ0n) is 25.0. The van der Waals surface area contributed by atoms with Crippen LogP contribution >= 0.6 is 23.2 Å². The second-order valence-corrected chi connectivity index (χ2v) is 12.5. The van der Waals surface area contributed by atoms with Gasteiger partial charge in [0.15, 0.2) is 11.5 Å². The predicted molar refractivity (Wildman–Crippen MR) is 169 cm³/mol. The smallest absolute Gasteiger partial charge is 0.264 e. The van der Waals surface area contributed by atoms with Gasteiger partial charge in [-0.2, -0.15) is 0 Å². The van der Waals surface area contributed by atoms with Crippen LogP contribution in [0.15, 0.2) is 65.6 Å². The van der Waals surface area contributed by atoms with Crippen molar-refractivity contribution >= 4 is 50.7 Å². The first-order valence-corrected chi connectivity index (χ1v) is 16.2. The number of hydrogen-bond donors (Lipinski definition) is 1. The van der Waals surface area contributed by atoms with Crippen molar-refractivity contribution < 1.29 is 31.9 Å². The number of amides is 2. The van der Waals surface area contributed by atoms with Gasteiger partial charge < -0.3 is 19.7 Å². The Hall–Kier alpha value is -3.54. The predicted octanol–water partition coefficient (Wildman–Crippen LogP) is 6.07. The highest BCUT2D eigenvalue weighted by atomic mass is 35.5. The molecular weight excluding hydrogens is 632 g/mol. The summed E-state index contributed by atoms with van der Waals surface area (Å²) in [5, 5.41) is 3.54. The van der Waals surface area contributed by atoms with Crippen LogP contribution in [0.25, 0.3) is 0 Å². The topological polar surface area (TPSA) is 105 Å². The Bertz CT molecular complexity index is 1560. The van der Waals surface area contributed by atoms with E-state index in [4.69, 9.17) is 32.7 Å². The molecule has 238 valence electrons. The fraction of sp³-hybridized carbons (Fsp3) is 0.355. The van der Waals surface area contributed by atoms with E-state index in [9.17, 15) is 22.4 Å². The molecule has 2 amide bonds. The van der Waals surface area contributed by atoms with Crippen molar-refractivity contribution in [2.24, 2.45) is 0 Å². The summed E-state index contributed by atoms with van der Waals surface area (Å²) in [6.45, 7) is 3.37. The SMILES string of the molecule is CCCCNC(=O)C(CC)N(Cc1ccc(Cl)cc1Cl)C(=O)CN(c1ccc(F)cc1)S(=O)(=O)c1ccc(OC)c(OC)c1. The largest absolute Gasteiger partial charge is 0.493 e. The zero-order valence-corrected chi connectivity index (χ0v) is 27.3. The number of carbonyl (C=O) groups is 2. The minimum Gasteiger partial charge on any atom is -0.493 e. The highest BCUT2D eigenvalue weighted by Crippen LogP contribution is 2.33. The molecule has 13 heteroatoms. The lowest BCUT2D eigenvalue weighted by atomic mass is 10.1. The van der Waals surface area contributed by atoms with Crippen LogP contribution in [-0.4, -0.2) is 58.5 Å². The number of nitrogens with zero attached hydrogens (tertiary/aromatic N) is 2. The molecule has 0 aliphatic carbocycles. The Morgan fingerprint density at radius 1 is 0.955 bits per heavy atom. The number of halogens is 3. The fourth-order valence-corrected chi connectivity index (χ4v) is 6.40. The van der Waals surface area contributed by atoms with Crippen LogP contribution in [0, 0.1) is 5.82 Å². The van der Waals surface area contributed by atoms with Gasteiger partial charge in [0.05, 0.1) is 24.8 Å². The lowest BCUT2D eigenvalue weighted by molar-refractivity contribution is -0.140. The summed E-state index contributed by atoms with van der Waals surface area (Å²) in [6.07, 6.45) is 1.86. The molecule has 0 aromatic heterocycles. The van der Waals surface area contributed by atoms with Crippen molar-refractivity contribution in [3.8, 4) is 11.5 Å². The van der Waals surface area contributed by atoms with E-state index in [1.807, 2.05) is 6.92 Å². The third kappa shape index (κ3) is 8.55. The third-order valence-electron chi connectivity index (χ3n) is 6.91. The Morgan fingerprint density at radius 3 is 2.23 bits per heavy atom. The van der Waals surface area contributed by atoms with Crippen molar-refractivity contribution in [1.29, 1.82) is 0 Å². The monoisotopic (exact) mass is 667 g/mol. The summed E-state index contributed by atoms with van der Waals surface area (Å²) in [6, 6.07) is 12.6. The lowest BCUT2D eigenvalue weighted by Gasteiger charge is -2.33. The van der Waals surface area contributed by atoms with Gasteiger partial charge in [-0.1, -0.05) is 49.5 Å². The number of benzene rings is 3. The maximum Gasteiger partial charge on any atom is 0.264 e. The van der Waals surface area contributed by atoms with Crippen molar-refractivity contribution in [2.75, 3.05) is 31.6 Å². The molecule has 3 aromatic rings. The van der Waals surface area contributed by atoms with Crippen LogP contribution in [0.4, 0.5) is 10.1 Å². The van der Waals surface area contributed by atoms with Crippen molar-refractivity contribution in [2.45, 2.75) is 50.6 Å². The van der Waals surface area contributed by atoms with Crippen LogP contribution in [0.1, 0.15) is 38.7 Å². The van der Waals surface area contributed by atoms with Crippen LogP contribution in [-0.2, 0) is 26.2 Å². The first kappa shape index (κ1) is 34.9. The van der Waals surface area contributed by atoms with E-state index < -0.39 is 34.3 Å². The quantitative estimate of drug-likeness (QED) is 0.197. The van der Waals surface area contributed by atoms with Crippen molar-refractivity contribution in [3.05, 3.63) is 82.1 Å². The molecule has 3 rings (SSSR count). The number of rotatable bonds is 15. The molecule has 0 spiro atoms. The van der Waals surface area contributed by atoms with E-state index in [-0.39, 0.29) is 40.2 Å². The Morgan fingerprint density at radius 2 is 1.64 bits per heavy atom. The van der Waals surface area contributed by atoms with E-state index >= 15 is 0 Å². The average Bonchev–Trinajstić information content (AvgIpc) is 3.00. The molecule has 44 heavy (non-hydrogen) atoms. The van der Waals surface area contributed by atoms with Gasteiger partial charge in [-0.25, -0.2) is 12.8 Å². The number of methoxy groups -OCH3 is 2. The van der Waals surface area contributed by atoms with Gasteiger partial charge >= 0.3 is 0 Å². The fourth-order valence-electron chi connectivity index (χ4n) is 4.50. The molecule has 0 saturated carbocycles. The van der Waals surface area contributed by atoms with Crippen molar-refractivity contribution in [3.63, 3.8) is 0 Å². The lowest BCUT2D eigenvalue weighted by Crippen LogP contribution is -2.52. The molecular formula is C31H36Cl2FN3O6S. The van der Waals surface area contributed by atoms with Crippen LogP contribution < -0.4 is 19.1 Å².